The Kier molecular flexibility index (Phi) is 17.3. The SMILES string of the molecule is CC(C)(O)CC(=O)NCCn1ccc2ncnc(Nc3ccc(Oc4cccc(C(F)(F)F)c4)c(Cl)c3)c21.CC(C)(O)CC(=O)NCCn1ccc2ncnc(Nc3ccc(Oc4cccc(C(F)(F)F)c4)c(Cl)c3)c21. The first-order chi connectivity index (χ1) is 35.8. The molecular weight excluding hydrogens is 1050 g/mol. The van der Waals surface area contributed by atoms with Crippen molar-refractivity contribution in [3.63, 3.8) is 0 Å². The molecule has 4 aromatic carbocycles. The molecule has 0 aliphatic carbocycles. The van der Waals surface area contributed by atoms with Crippen molar-refractivity contribution in [2.75, 3.05) is 23.7 Å². The number of alkyl halides is 6. The normalized spacial score (nSPS) is 12.0. The van der Waals surface area contributed by atoms with Gasteiger partial charge in [-0.3, -0.25) is 9.59 Å². The third-order valence-electron chi connectivity index (χ3n) is 10.8. The van der Waals surface area contributed by atoms with Crippen molar-refractivity contribution in [3.8, 4) is 23.0 Å². The van der Waals surface area contributed by atoms with Gasteiger partial charge in [0.25, 0.3) is 0 Å². The highest BCUT2D eigenvalue weighted by molar-refractivity contribution is 6.32. The number of rotatable bonds is 18. The summed E-state index contributed by atoms with van der Waals surface area (Å²) < 4.78 is 92.9. The maximum absolute atomic E-state index is 13.0. The average Bonchev–Trinajstić information content (AvgIpc) is 3.95. The van der Waals surface area contributed by atoms with Crippen LogP contribution in [0.4, 0.5) is 49.4 Å². The fourth-order valence-corrected chi connectivity index (χ4v) is 7.92. The van der Waals surface area contributed by atoms with Crippen LogP contribution in [0.2, 0.25) is 10.0 Å². The molecule has 76 heavy (non-hydrogen) atoms. The van der Waals surface area contributed by atoms with Crippen LogP contribution in [0.3, 0.4) is 0 Å². The maximum atomic E-state index is 13.0. The van der Waals surface area contributed by atoms with E-state index >= 15 is 0 Å². The van der Waals surface area contributed by atoms with Crippen molar-refractivity contribution in [3.05, 3.63) is 143 Å². The first kappa shape index (κ1) is 56.1. The van der Waals surface area contributed by atoms with Gasteiger partial charge in [-0.2, -0.15) is 26.3 Å². The van der Waals surface area contributed by atoms with Crippen LogP contribution in [-0.2, 0) is 35.0 Å². The lowest BCUT2D eigenvalue weighted by molar-refractivity contribution is -0.138. The average molecular weight is 1100 g/mol. The first-order valence-electron chi connectivity index (χ1n) is 23.2. The van der Waals surface area contributed by atoms with E-state index in [1.165, 1.54) is 36.9 Å². The summed E-state index contributed by atoms with van der Waals surface area (Å²) in [6.45, 7) is 7.81. The Balaban J connectivity index is 0.000000221. The van der Waals surface area contributed by atoms with Gasteiger partial charge in [-0.1, -0.05) is 35.3 Å². The zero-order valence-corrected chi connectivity index (χ0v) is 42.5. The van der Waals surface area contributed by atoms with Crippen LogP contribution in [0.5, 0.6) is 23.0 Å². The number of nitrogens with one attached hydrogen (secondary N) is 4. The number of fused-ring (bicyclic) bond motifs is 2. The topological polar surface area (TPSA) is 203 Å². The molecular formula is C52H50Cl2F6N10O6. The Morgan fingerprint density at radius 2 is 0.961 bits per heavy atom. The van der Waals surface area contributed by atoms with Gasteiger partial charge in [-0.15, -0.1) is 0 Å². The summed E-state index contributed by atoms with van der Waals surface area (Å²) in [7, 11) is 0. The molecule has 0 atom stereocenters. The van der Waals surface area contributed by atoms with Gasteiger partial charge in [-0.25, -0.2) is 19.9 Å². The van der Waals surface area contributed by atoms with Crippen molar-refractivity contribution in [2.45, 2.75) is 77.2 Å². The van der Waals surface area contributed by atoms with Crippen LogP contribution >= 0.6 is 23.2 Å². The van der Waals surface area contributed by atoms with E-state index in [0.717, 1.165) is 24.3 Å². The number of aliphatic hydroxyl groups is 2. The van der Waals surface area contributed by atoms with Gasteiger partial charge >= 0.3 is 12.4 Å². The lowest BCUT2D eigenvalue weighted by Crippen LogP contribution is -2.33. The third-order valence-corrected chi connectivity index (χ3v) is 11.4. The molecule has 0 radical (unpaired) electrons. The van der Waals surface area contributed by atoms with Crippen molar-refractivity contribution >= 4 is 80.1 Å². The molecule has 4 heterocycles. The Bertz CT molecular complexity index is 3120. The van der Waals surface area contributed by atoms with E-state index in [4.69, 9.17) is 32.7 Å². The monoisotopic (exact) mass is 1090 g/mol. The van der Waals surface area contributed by atoms with Gasteiger partial charge < -0.3 is 50.1 Å². The number of halogens is 8. The molecule has 8 rings (SSSR count). The minimum absolute atomic E-state index is 0.00686. The van der Waals surface area contributed by atoms with Crippen molar-refractivity contribution in [1.29, 1.82) is 0 Å². The van der Waals surface area contributed by atoms with Crippen LogP contribution in [-0.4, -0.2) is 75.4 Å². The number of aromatic nitrogens is 6. The Morgan fingerprint density at radius 3 is 1.32 bits per heavy atom. The smallest absolute Gasteiger partial charge is 0.416 e. The standard InChI is InChI=1S/2C26H25ClF3N5O3/c2*1-25(2,37)14-22(36)31-9-11-35-10-8-20-23(35)24(33-15-32-20)34-17-6-7-21(19(27)13-17)38-18-5-3-4-16(12-18)26(28,29)30/h2*3-8,10,12-13,15,37H,9,11,14H2,1-2H3,(H,31,36)(H,32,33,34). The molecule has 24 heteroatoms. The summed E-state index contributed by atoms with van der Waals surface area (Å²) in [6, 6.07) is 22.3. The molecule has 0 saturated carbocycles. The molecule has 0 spiro atoms. The second kappa shape index (κ2) is 23.5. The van der Waals surface area contributed by atoms with Crippen LogP contribution < -0.4 is 30.7 Å². The van der Waals surface area contributed by atoms with Gasteiger partial charge in [0.15, 0.2) is 11.6 Å². The first-order valence-corrected chi connectivity index (χ1v) is 23.9. The molecule has 0 bridgehead atoms. The second-order valence-corrected chi connectivity index (χ2v) is 19.2. The lowest BCUT2D eigenvalue weighted by atomic mass is 10.1. The molecule has 6 N–H and O–H groups in total. The zero-order chi connectivity index (χ0) is 55.0. The molecule has 0 aliphatic heterocycles. The molecule has 0 aliphatic rings. The molecule has 400 valence electrons. The number of hydrogen-bond donors (Lipinski definition) is 6. The van der Waals surface area contributed by atoms with E-state index < -0.39 is 34.7 Å². The van der Waals surface area contributed by atoms with Gasteiger partial charge in [-0.05, 0) is 113 Å². The number of hydrogen-bond acceptors (Lipinski definition) is 12. The molecule has 8 aromatic rings. The van der Waals surface area contributed by atoms with E-state index in [9.17, 15) is 46.1 Å². The number of anilines is 4. The lowest BCUT2D eigenvalue weighted by Gasteiger charge is -2.16. The van der Waals surface area contributed by atoms with Crippen molar-refractivity contribution in [2.24, 2.45) is 0 Å². The highest BCUT2D eigenvalue weighted by Gasteiger charge is 2.32. The fraction of sp³-hybridized carbons (Fsp3) is 0.269. The summed E-state index contributed by atoms with van der Waals surface area (Å²) in [6.07, 6.45) is -2.52. The maximum Gasteiger partial charge on any atom is 0.416 e. The number of ether oxygens (including phenoxy) is 2. The molecule has 0 saturated heterocycles. The Labute approximate surface area is 441 Å². The quantitative estimate of drug-likeness (QED) is 0.0445. The summed E-state index contributed by atoms with van der Waals surface area (Å²) >= 11 is 12.7. The minimum atomic E-state index is -4.49. The highest BCUT2D eigenvalue weighted by atomic mass is 35.5. The van der Waals surface area contributed by atoms with Gasteiger partial charge in [0, 0.05) is 49.9 Å². The van der Waals surface area contributed by atoms with Crippen LogP contribution in [0, 0.1) is 0 Å². The van der Waals surface area contributed by atoms with E-state index in [1.807, 2.05) is 33.7 Å². The zero-order valence-electron chi connectivity index (χ0n) is 41.0. The second-order valence-electron chi connectivity index (χ2n) is 18.4. The summed E-state index contributed by atoms with van der Waals surface area (Å²) in [5.74, 6) is 0.857. The van der Waals surface area contributed by atoms with Crippen molar-refractivity contribution < 1.29 is 55.6 Å². The van der Waals surface area contributed by atoms with Crippen LogP contribution in [0.25, 0.3) is 22.1 Å². The number of carbonyl (C=O) groups is 2. The fourth-order valence-electron chi connectivity index (χ4n) is 7.49. The van der Waals surface area contributed by atoms with E-state index in [0.29, 0.717) is 71.3 Å². The van der Waals surface area contributed by atoms with Gasteiger partial charge in [0.1, 0.15) is 46.7 Å². The van der Waals surface area contributed by atoms with E-state index in [1.54, 1.807) is 64.1 Å². The third kappa shape index (κ3) is 15.7. The van der Waals surface area contributed by atoms with Crippen molar-refractivity contribution in [1.82, 2.24) is 39.7 Å². The Morgan fingerprint density at radius 1 is 0.566 bits per heavy atom. The Hall–Kier alpha value is -7.66. The predicted octanol–water partition coefficient (Wildman–Crippen LogP) is 11.8. The van der Waals surface area contributed by atoms with Gasteiger partial charge in [0.05, 0.1) is 56.2 Å². The number of nitrogens with zero attached hydrogens (tertiary/aromatic N) is 6. The molecule has 16 nitrogen and oxygen atoms in total. The number of benzene rings is 4. The minimum Gasteiger partial charge on any atom is -0.456 e. The summed E-state index contributed by atoms with van der Waals surface area (Å²) in [4.78, 5) is 41.2. The molecule has 0 fully saturated rings. The van der Waals surface area contributed by atoms with Crippen LogP contribution in [0.15, 0.2) is 122 Å². The summed E-state index contributed by atoms with van der Waals surface area (Å²) in [5, 5.41) is 31.9. The number of carbonyl (C=O) groups excluding carboxylic acids is 2. The van der Waals surface area contributed by atoms with E-state index in [2.05, 4.69) is 41.2 Å². The molecule has 4 aromatic heterocycles. The highest BCUT2D eigenvalue weighted by Crippen LogP contribution is 2.38. The van der Waals surface area contributed by atoms with Crippen LogP contribution in [0.1, 0.15) is 51.7 Å². The van der Waals surface area contributed by atoms with E-state index in [-0.39, 0.29) is 57.7 Å². The largest absolute Gasteiger partial charge is 0.456 e. The number of amides is 2. The predicted molar refractivity (Wildman–Crippen MR) is 275 cm³/mol. The van der Waals surface area contributed by atoms with Gasteiger partial charge in [0.2, 0.25) is 11.8 Å². The summed E-state index contributed by atoms with van der Waals surface area (Å²) in [5.41, 5.74) is 0.0641. The molecule has 0 unspecified atom stereocenters. The molecule has 2 amide bonds.